The molecular formula is C28H27ClN4O4. The van der Waals surface area contributed by atoms with E-state index in [1.807, 2.05) is 31.3 Å². The zero-order valence-electron chi connectivity index (χ0n) is 20.5. The van der Waals surface area contributed by atoms with Gasteiger partial charge < -0.3 is 26.0 Å². The van der Waals surface area contributed by atoms with Gasteiger partial charge in [0, 0.05) is 42.0 Å². The predicted octanol–water partition coefficient (Wildman–Crippen LogP) is 4.47. The average Bonchev–Trinajstić information content (AvgIpc) is 3.18. The molecule has 0 radical (unpaired) electrons. The first-order valence-electron chi connectivity index (χ1n) is 11.7. The molecule has 8 nitrogen and oxygen atoms in total. The van der Waals surface area contributed by atoms with Crippen LogP contribution in [0.1, 0.15) is 23.6 Å². The van der Waals surface area contributed by atoms with Crippen molar-refractivity contribution in [2.75, 3.05) is 35.7 Å². The molecule has 4 N–H and O–H groups in total. The molecule has 4 rings (SSSR count). The highest BCUT2D eigenvalue weighted by molar-refractivity contribution is 6.38. The molecule has 3 aromatic rings. The molecule has 0 saturated carbocycles. The van der Waals surface area contributed by atoms with Crippen molar-refractivity contribution in [3.8, 4) is 0 Å². The fourth-order valence-electron chi connectivity index (χ4n) is 4.20. The molecule has 1 aliphatic rings. The normalized spacial score (nSPS) is 13.5. The van der Waals surface area contributed by atoms with Crippen molar-refractivity contribution in [3.05, 3.63) is 88.4 Å². The lowest BCUT2D eigenvalue weighted by molar-refractivity contribution is -0.136. The Hall–Kier alpha value is -4.14. The minimum atomic E-state index is -0.917. The van der Waals surface area contributed by atoms with Crippen molar-refractivity contribution in [1.29, 1.82) is 0 Å². The fourth-order valence-corrected chi connectivity index (χ4v) is 4.37. The monoisotopic (exact) mass is 518 g/mol. The van der Waals surface area contributed by atoms with Crippen molar-refractivity contribution in [3.63, 3.8) is 0 Å². The van der Waals surface area contributed by atoms with E-state index in [-0.39, 0.29) is 18.2 Å². The second-order valence-electron chi connectivity index (χ2n) is 8.61. The number of halogens is 1. The molecule has 1 heterocycles. The summed E-state index contributed by atoms with van der Waals surface area (Å²) in [5.74, 6) is -1.25. The summed E-state index contributed by atoms with van der Waals surface area (Å²) < 4.78 is 0. The number of nitrogens with one attached hydrogen (secondary N) is 3. The Kier molecular flexibility index (Phi) is 7.91. The molecule has 2 amide bonds. The quantitative estimate of drug-likeness (QED) is 0.311. The number of carboxylic acid groups (broad SMARTS) is 1. The molecule has 0 aliphatic carbocycles. The maximum absolute atomic E-state index is 13.1. The van der Waals surface area contributed by atoms with E-state index in [1.165, 1.54) is 6.92 Å². The summed E-state index contributed by atoms with van der Waals surface area (Å²) in [5, 5.41) is 18.9. The number of aliphatic carboxylic acids is 1. The second kappa shape index (κ2) is 11.3. The van der Waals surface area contributed by atoms with Crippen LogP contribution >= 0.6 is 11.6 Å². The van der Waals surface area contributed by atoms with Crippen LogP contribution in [0.5, 0.6) is 0 Å². The molecule has 0 saturated heterocycles. The maximum atomic E-state index is 13.1. The van der Waals surface area contributed by atoms with Gasteiger partial charge in [-0.2, -0.15) is 0 Å². The van der Waals surface area contributed by atoms with Gasteiger partial charge in [-0.05, 0) is 54.6 Å². The Morgan fingerprint density at radius 1 is 1.03 bits per heavy atom. The van der Waals surface area contributed by atoms with Crippen molar-refractivity contribution in [2.24, 2.45) is 0 Å². The smallest absolute Gasteiger partial charge is 0.307 e. The van der Waals surface area contributed by atoms with Crippen LogP contribution in [0.3, 0.4) is 0 Å². The van der Waals surface area contributed by atoms with E-state index < -0.39 is 5.97 Å². The Labute approximate surface area is 219 Å². The van der Waals surface area contributed by atoms with Crippen LogP contribution in [0.15, 0.2) is 66.7 Å². The highest BCUT2D eigenvalue weighted by atomic mass is 35.5. The summed E-state index contributed by atoms with van der Waals surface area (Å²) in [6, 6.07) is 19.7. The first kappa shape index (κ1) is 25.9. The Morgan fingerprint density at radius 2 is 1.73 bits per heavy atom. The number of carboxylic acids is 1. The number of fused-ring (bicyclic) bond motifs is 1. The van der Waals surface area contributed by atoms with Gasteiger partial charge in [0.15, 0.2) is 0 Å². The van der Waals surface area contributed by atoms with Crippen LogP contribution in [0, 0.1) is 0 Å². The molecule has 3 aromatic carbocycles. The van der Waals surface area contributed by atoms with Crippen LogP contribution in [0.25, 0.3) is 11.3 Å². The molecule has 0 fully saturated rings. The van der Waals surface area contributed by atoms with Gasteiger partial charge in [0.05, 0.1) is 23.4 Å². The lowest BCUT2D eigenvalue weighted by Crippen LogP contribution is -2.34. The van der Waals surface area contributed by atoms with Gasteiger partial charge in [0.2, 0.25) is 5.91 Å². The number of carbonyl (C=O) groups excluding carboxylic acids is 2. The Bertz CT molecular complexity index is 1370. The third-order valence-electron chi connectivity index (χ3n) is 5.99. The number of rotatable bonds is 9. The Balaban J connectivity index is 1.74. The van der Waals surface area contributed by atoms with Crippen LogP contribution < -0.4 is 20.9 Å². The molecule has 190 valence electrons. The molecule has 0 atom stereocenters. The largest absolute Gasteiger partial charge is 0.481 e. The fraction of sp³-hybridized carbons (Fsp3) is 0.179. The van der Waals surface area contributed by atoms with Gasteiger partial charge in [-0.3, -0.25) is 14.4 Å². The molecule has 0 bridgehead atoms. The summed E-state index contributed by atoms with van der Waals surface area (Å²) in [6.07, 6.45) is -0.0942. The lowest BCUT2D eigenvalue weighted by Gasteiger charge is -2.22. The highest BCUT2D eigenvalue weighted by Gasteiger charge is 2.28. The zero-order chi connectivity index (χ0) is 26.5. The summed E-state index contributed by atoms with van der Waals surface area (Å²) in [5.41, 5.74) is 5.17. The SMILES string of the molecule is CNCCN(C(C)=O)c1ccc(N/C(=C2\C(=O)Nc3cc(Cl)ccc32)c2ccc(CC(=O)O)cc2)cc1. The van der Waals surface area contributed by atoms with Crippen molar-refractivity contribution in [1.82, 2.24) is 5.32 Å². The second-order valence-corrected chi connectivity index (χ2v) is 9.04. The highest BCUT2D eigenvalue weighted by Crippen LogP contribution is 2.39. The number of carbonyl (C=O) groups is 3. The standard InChI is InChI=1S/C28H27ClN4O4/c1-17(34)33(14-13-30-2)22-10-8-21(9-11-22)31-27(19-5-3-18(4-6-19)15-25(35)36)26-23-12-7-20(29)16-24(23)32-28(26)37/h3-12,16,30-31H,13-15H2,1-2H3,(H,32,37)(H,35,36)/b27-26-. The minimum absolute atomic E-state index is 0.0573. The molecular weight excluding hydrogens is 492 g/mol. The lowest BCUT2D eigenvalue weighted by atomic mass is 9.98. The van der Waals surface area contributed by atoms with Crippen LogP contribution in [-0.2, 0) is 20.8 Å². The summed E-state index contributed by atoms with van der Waals surface area (Å²) >= 11 is 6.14. The van der Waals surface area contributed by atoms with Crippen LogP contribution in [0.2, 0.25) is 5.02 Å². The number of anilines is 3. The Morgan fingerprint density at radius 3 is 2.35 bits per heavy atom. The summed E-state index contributed by atoms with van der Waals surface area (Å²) in [7, 11) is 1.83. The molecule has 1 aliphatic heterocycles. The predicted molar refractivity (Wildman–Crippen MR) is 147 cm³/mol. The van der Waals surface area contributed by atoms with Gasteiger partial charge in [-0.1, -0.05) is 41.9 Å². The minimum Gasteiger partial charge on any atom is -0.481 e. The van der Waals surface area contributed by atoms with Crippen LogP contribution in [-0.4, -0.2) is 43.0 Å². The number of likely N-dealkylation sites (N-methyl/N-ethyl adjacent to an activating group) is 1. The number of benzene rings is 3. The van der Waals surface area contributed by atoms with Crippen LogP contribution in [0.4, 0.5) is 17.1 Å². The van der Waals surface area contributed by atoms with Gasteiger partial charge in [-0.15, -0.1) is 0 Å². The summed E-state index contributed by atoms with van der Waals surface area (Å²) in [4.78, 5) is 38.0. The van der Waals surface area contributed by atoms with E-state index in [9.17, 15) is 14.4 Å². The van der Waals surface area contributed by atoms with E-state index >= 15 is 0 Å². The summed E-state index contributed by atoms with van der Waals surface area (Å²) in [6.45, 7) is 2.73. The molecule has 9 heteroatoms. The van der Waals surface area contributed by atoms with Gasteiger partial charge in [0.1, 0.15) is 0 Å². The van der Waals surface area contributed by atoms with Crippen molar-refractivity contribution >= 4 is 57.7 Å². The van der Waals surface area contributed by atoms with Crippen molar-refractivity contribution in [2.45, 2.75) is 13.3 Å². The van der Waals surface area contributed by atoms with E-state index in [0.717, 1.165) is 5.69 Å². The van der Waals surface area contributed by atoms with E-state index in [0.29, 0.717) is 57.4 Å². The van der Waals surface area contributed by atoms with E-state index in [4.69, 9.17) is 16.7 Å². The van der Waals surface area contributed by atoms with Gasteiger partial charge >= 0.3 is 5.97 Å². The molecule has 0 aromatic heterocycles. The third kappa shape index (κ3) is 5.99. The number of nitrogens with zero attached hydrogens (tertiary/aromatic N) is 1. The molecule has 0 spiro atoms. The van der Waals surface area contributed by atoms with E-state index in [1.54, 1.807) is 47.4 Å². The molecule has 0 unspecified atom stereocenters. The maximum Gasteiger partial charge on any atom is 0.307 e. The first-order chi connectivity index (χ1) is 17.8. The third-order valence-corrected chi connectivity index (χ3v) is 6.22. The number of amides is 2. The van der Waals surface area contributed by atoms with E-state index in [2.05, 4.69) is 16.0 Å². The first-order valence-corrected chi connectivity index (χ1v) is 12.1. The van der Waals surface area contributed by atoms with Gasteiger partial charge in [0.25, 0.3) is 5.91 Å². The number of hydrogen-bond acceptors (Lipinski definition) is 5. The number of hydrogen-bond donors (Lipinski definition) is 4. The molecule has 37 heavy (non-hydrogen) atoms. The van der Waals surface area contributed by atoms with Crippen molar-refractivity contribution < 1.29 is 19.5 Å². The van der Waals surface area contributed by atoms with Gasteiger partial charge in [-0.25, -0.2) is 0 Å². The zero-order valence-corrected chi connectivity index (χ0v) is 21.2. The topological polar surface area (TPSA) is 111 Å². The average molecular weight is 519 g/mol.